The summed E-state index contributed by atoms with van der Waals surface area (Å²) >= 11 is 6.02. The number of hydrogen-bond acceptors (Lipinski definition) is 4. The highest BCUT2D eigenvalue weighted by molar-refractivity contribution is 6.30. The number of ether oxygens (including phenoxy) is 1. The molecule has 1 aliphatic heterocycles. The lowest BCUT2D eigenvalue weighted by Gasteiger charge is -2.28. The Kier molecular flexibility index (Phi) is 6.82. The number of rotatable bonds is 6. The highest BCUT2D eigenvalue weighted by atomic mass is 35.5. The molecule has 1 aliphatic rings. The van der Waals surface area contributed by atoms with Gasteiger partial charge in [0.15, 0.2) is 5.69 Å². The molecular formula is C22H27ClN4O3. The zero-order chi connectivity index (χ0) is 21.8. The minimum Gasteiger partial charge on any atom is -0.416 e. The monoisotopic (exact) mass is 430 g/mol. The second kappa shape index (κ2) is 9.34. The maximum atomic E-state index is 12.9. The minimum absolute atomic E-state index is 0.236. The van der Waals surface area contributed by atoms with Gasteiger partial charge in [-0.3, -0.25) is 4.79 Å². The van der Waals surface area contributed by atoms with Crippen molar-refractivity contribution in [2.24, 2.45) is 5.92 Å². The molecule has 0 spiro atoms. The number of fused-ring (bicyclic) bond motifs is 1. The second-order valence-corrected chi connectivity index (χ2v) is 8.26. The summed E-state index contributed by atoms with van der Waals surface area (Å²) in [5.41, 5.74) is 1.88. The van der Waals surface area contributed by atoms with E-state index in [0.717, 1.165) is 12.0 Å². The lowest BCUT2D eigenvalue weighted by atomic mass is 10.1. The maximum absolute atomic E-state index is 12.9. The minimum atomic E-state index is -0.478. The number of carbonyl (C=O) groups is 2. The third-order valence-corrected chi connectivity index (χ3v) is 5.10. The lowest BCUT2D eigenvalue weighted by Crippen LogP contribution is -2.39. The number of aromatic nitrogens is 2. The Balaban J connectivity index is 1.93. The van der Waals surface area contributed by atoms with Gasteiger partial charge >= 0.3 is 6.09 Å². The molecule has 0 aliphatic carbocycles. The van der Waals surface area contributed by atoms with Gasteiger partial charge in [-0.05, 0) is 43.5 Å². The van der Waals surface area contributed by atoms with Crippen LogP contribution in [-0.4, -0.2) is 39.5 Å². The molecule has 0 bridgehead atoms. The standard InChI is InChI=1S/C22H27ClN4O3/c1-14(2)9-10-24-21(28)19-18-13-26(22(29)30-15(3)4)11-12-27(18)20(25-19)16-5-7-17(23)8-6-16/h5-8,14H,3,9-13H2,1-2,4H3,(H,24,28). The van der Waals surface area contributed by atoms with Crippen molar-refractivity contribution in [1.29, 1.82) is 0 Å². The van der Waals surface area contributed by atoms with Gasteiger partial charge in [-0.1, -0.05) is 32.0 Å². The molecule has 2 heterocycles. The van der Waals surface area contributed by atoms with Crippen molar-refractivity contribution in [2.75, 3.05) is 13.1 Å². The van der Waals surface area contributed by atoms with Crippen LogP contribution in [0.1, 0.15) is 43.4 Å². The van der Waals surface area contributed by atoms with E-state index < -0.39 is 6.09 Å². The Bertz CT molecular complexity index is 950. The van der Waals surface area contributed by atoms with E-state index >= 15 is 0 Å². The smallest absolute Gasteiger partial charge is 0.415 e. The van der Waals surface area contributed by atoms with Crippen molar-refractivity contribution < 1.29 is 14.3 Å². The summed E-state index contributed by atoms with van der Waals surface area (Å²) in [7, 11) is 0. The summed E-state index contributed by atoms with van der Waals surface area (Å²) in [4.78, 5) is 31.5. The molecule has 2 aromatic rings. The summed E-state index contributed by atoms with van der Waals surface area (Å²) in [5.74, 6) is 1.25. The van der Waals surface area contributed by atoms with Crippen molar-refractivity contribution in [3.05, 3.63) is 53.0 Å². The number of imidazole rings is 1. The summed E-state index contributed by atoms with van der Waals surface area (Å²) in [6.07, 6.45) is 0.400. The number of nitrogens with one attached hydrogen (secondary N) is 1. The Morgan fingerprint density at radius 2 is 1.97 bits per heavy atom. The molecule has 1 aromatic carbocycles. The molecule has 160 valence electrons. The Morgan fingerprint density at radius 3 is 2.60 bits per heavy atom. The molecule has 0 radical (unpaired) electrons. The Labute approximate surface area is 181 Å². The van der Waals surface area contributed by atoms with E-state index in [1.807, 2.05) is 16.7 Å². The van der Waals surface area contributed by atoms with Gasteiger partial charge in [-0.25, -0.2) is 9.78 Å². The Hall–Kier alpha value is -2.80. The molecule has 1 N–H and O–H groups in total. The molecule has 0 atom stereocenters. The molecule has 3 rings (SSSR count). The second-order valence-electron chi connectivity index (χ2n) is 7.82. The van der Waals surface area contributed by atoms with Gasteiger partial charge < -0.3 is 19.5 Å². The van der Waals surface area contributed by atoms with Crippen LogP contribution in [0.2, 0.25) is 5.02 Å². The molecule has 2 amide bonds. The van der Waals surface area contributed by atoms with Crippen LogP contribution in [0.15, 0.2) is 36.6 Å². The van der Waals surface area contributed by atoms with Gasteiger partial charge in [0, 0.05) is 30.2 Å². The fraction of sp³-hybridized carbons (Fsp3) is 0.409. The fourth-order valence-electron chi connectivity index (χ4n) is 3.30. The van der Waals surface area contributed by atoms with Crippen molar-refractivity contribution in [3.8, 4) is 11.4 Å². The van der Waals surface area contributed by atoms with Crippen molar-refractivity contribution in [1.82, 2.24) is 19.8 Å². The molecule has 0 saturated carbocycles. The molecule has 0 saturated heterocycles. The van der Waals surface area contributed by atoms with Gasteiger partial charge in [-0.2, -0.15) is 0 Å². The Morgan fingerprint density at radius 1 is 1.27 bits per heavy atom. The van der Waals surface area contributed by atoms with Gasteiger partial charge in [0.1, 0.15) is 5.82 Å². The number of halogens is 1. The number of nitrogens with zero attached hydrogens (tertiary/aromatic N) is 3. The molecular weight excluding hydrogens is 404 g/mol. The van der Waals surface area contributed by atoms with E-state index in [2.05, 4.69) is 30.7 Å². The SMILES string of the molecule is C=C(C)OC(=O)N1CCn2c(-c3ccc(Cl)cc3)nc(C(=O)NCCC(C)C)c2C1. The maximum Gasteiger partial charge on any atom is 0.415 e. The number of hydrogen-bond donors (Lipinski definition) is 1. The number of carbonyl (C=O) groups excluding carboxylic acids is 2. The molecule has 30 heavy (non-hydrogen) atoms. The van der Waals surface area contributed by atoms with Crippen LogP contribution in [0.25, 0.3) is 11.4 Å². The fourth-order valence-corrected chi connectivity index (χ4v) is 3.42. The lowest BCUT2D eigenvalue weighted by molar-refractivity contribution is 0.0938. The van der Waals surface area contributed by atoms with E-state index in [4.69, 9.17) is 16.3 Å². The zero-order valence-electron chi connectivity index (χ0n) is 17.6. The average molecular weight is 431 g/mol. The highest BCUT2D eigenvalue weighted by Crippen LogP contribution is 2.28. The first kappa shape index (κ1) is 21.9. The van der Waals surface area contributed by atoms with E-state index in [1.54, 1.807) is 24.0 Å². The van der Waals surface area contributed by atoms with Crippen molar-refractivity contribution >= 4 is 23.6 Å². The van der Waals surface area contributed by atoms with E-state index in [9.17, 15) is 9.59 Å². The van der Waals surface area contributed by atoms with Crippen LogP contribution in [0.5, 0.6) is 0 Å². The first-order valence-corrected chi connectivity index (χ1v) is 10.4. The van der Waals surface area contributed by atoms with Crippen molar-refractivity contribution in [2.45, 2.75) is 40.3 Å². The van der Waals surface area contributed by atoms with Crippen LogP contribution in [-0.2, 0) is 17.8 Å². The third kappa shape index (κ3) is 5.02. The largest absolute Gasteiger partial charge is 0.416 e. The summed E-state index contributed by atoms with van der Waals surface area (Å²) in [5, 5.41) is 3.58. The molecule has 7 nitrogen and oxygen atoms in total. The molecule has 1 aromatic heterocycles. The van der Waals surface area contributed by atoms with Crippen LogP contribution in [0, 0.1) is 5.92 Å². The van der Waals surface area contributed by atoms with Crippen LogP contribution < -0.4 is 5.32 Å². The first-order valence-electron chi connectivity index (χ1n) is 10.0. The predicted molar refractivity (Wildman–Crippen MR) is 116 cm³/mol. The van der Waals surface area contributed by atoms with Gasteiger partial charge in [0.2, 0.25) is 0 Å². The number of amides is 2. The van der Waals surface area contributed by atoms with Gasteiger partial charge in [-0.15, -0.1) is 0 Å². The van der Waals surface area contributed by atoms with Crippen LogP contribution in [0.4, 0.5) is 4.79 Å². The third-order valence-electron chi connectivity index (χ3n) is 4.85. The van der Waals surface area contributed by atoms with E-state index in [0.29, 0.717) is 53.5 Å². The summed E-state index contributed by atoms with van der Waals surface area (Å²) in [6, 6.07) is 7.33. The van der Waals surface area contributed by atoms with Gasteiger partial charge in [0.05, 0.1) is 18.0 Å². The molecule has 0 unspecified atom stereocenters. The molecule has 8 heteroatoms. The summed E-state index contributed by atoms with van der Waals surface area (Å²) < 4.78 is 7.14. The topological polar surface area (TPSA) is 76.5 Å². The number of allylic oxidation sites excluding steroid dienone is 1. The normalized spacial score (nSPS) is 13.2. The van der Waals surface area contributed by atoms with Crippen LogP contribution in [0.3, 0.4) is 0 Å². The molecule has 0 fully saturated rings. The predicted octanol–water partition coefficient (Wildman–Crippen LogP) is 4.47. The zero-order valence-corrected chi connectivity index (χ0v) is 18.3. The van der Waals surface area contributed by atoms with E-state index in [-0.39, 0.29) is 12.5 Å². The van der Waals surface area contributed by atoms with Crippen LogP contribution >= 0.6 is 11.6 Å². The first-order chi connectivity index (χ1) is 14.3. The van der Waals surface area contributed by atoms with Gasteiger partial charge in [0.25, 0.3) is 5.91 Å². The average Bonchev–Trinajstić information content (AvgIpc) is 3.06. The van der Waals surface area contributed by atoms with E-state index in [1.165, 1.54) is 0 Å². The number of benzene rings is 1. The summed E-state index contributed by atoms with van der Waals surface area (Å²) in [6.45, 7) is 11.2. The quantitative estimate of drug-likeness (QED) is 0.686. The van der Waals surface area contributed by atoms with Crippen molar-refractivity contribution in [3.63, 3.8) is 0 Å². The highest BCUT2D eigenvalue weighted by Gasteiger charge is 2.30.